The Morgan fingerprint density at radius 2 is 1.50 bits per heavy atom. The van der Waals surface area contributed by atoms with Crippen LogP contribution in [-0.2, 0) is 0 Å². The van der Waals surface area contributed by atoms with E-state index in [4.69, 9.17) is 4.98 Å². The van der Waals surface area contributed by atoms with Gasteiger partial charge in [-0.2, -0.15) is 0 Å². The Balaban J connectivity index is 2.02. The monoisotopic (exact) mass is 262 g/mol. The maximum Gasteiger partial charge on any atom is 0.134 e. The fourth-order valence-corrected chi connectivity index (χ4v) is 2.28. The highest BCUT2D eigenvalue weighted by Gasteiger charge is 2.04. The molecule has 0 bridgehead atoms. The van der Waals surface area contributed by atoms with Gasteiger partial charge in [0.05, 0.1) is 5.52 Å². The normalized spacial score (nSPS) is 10.8. The van der Waals surface area contributed by atoms with Crippen LogP contribution in [0.1, 0.15) is 16.7 Å². The molecule has 2 nitrogen and oxygen atoms in total. The molecule has 0 radical (unpaired) electrons. The van der Waals surface area contributed by atoms with Crippen molar-refractivity contribution in [2.45, 2.75) is 20.8 Å². The summed E-state index contributed by atoms with van der Waals surface area (Å²) in [6, 6.07) is 16.9. The zero-order valence-corrected chi connectivity index (χ0v) is 12.1. The van der Waals surface area contributed by atoms with E-state index in [1.54, 1.807) is 0 Å². The lowest BCUT2D eigenvalue weighted by Crippen LogP contribution is -1.97. The third-order valence-electron chi connectivity index (χ3n) is 3.48. The molecule has 0 aliphatic rings. The molecule has 0 saturated carbocycles. The quantitative estimate of drug-likeness (QED) is 0.710. The van der Waals surface area contributed by atoms with Crippen molar-refractivity contribution in [2.24, 2.45) is 0 Å². The predicted molar refractivity (Wildman–Crippen MR) is 85.7 cm³/mol. The molecule has 100 valence electrons. The number of nitrogens with zero attached hydrogens (tertiary/aromatic N) is 1. The molecule has 2 heteroatoms. The van der Waals surface area contributed by atoms with Crippen LogP contribution in [0, 0.1) is 20.8 Å². The van der Waals surface area contributed by atoms with Gasteiger partial charge in [0.25, 0.3) is 0 Å². The second kappa shape index (κ2) is 4.97. The standard InChI is InChI=1S/C18H18N2/c1-12-5-8-16(9-6-12)19-18-14(3)11-15-7-4-13(2)10-17(15)20-18/h4-11H,1-3H3,(H,19,20). The summed E-state index contributed by atoms with van der Waals surface area (Å²) in [5.41, 5.74) is 5.75. The van der Waals surface area contributed by atoms with Crippen LogP contribution in [0.3, 0.4) is 0 Å². The Kier molecular flexibility index (Phi) is 3.15. The minimum Gasteiger partial charge on any atom is -0.340 e. The van der Waals surface area contributed by atoms with Gasteiger partial charge in [0.15, 0.2) is 0 Å². The van der Waals surface area contributed by atoms with Crippen molar-refractivity contribution < 1.29 is 0 Å². The van der Waals surface area contributed by atoms with Crippen LogP contribution >= 0.6 is 0 Å². The number of fused-ring (bicyclic) bond motifs is 1. The van der Waals surface area contributed by atoms with E-state index >= 15 is 0 Å². The molecule has 20 heavy (non-hydrogen) atoms. The van der Waals surface area contributed by atoms with Crippen molar-refractivity contribution >= 4 is 22.4 Å². The third kappa shape index (κ3) is 2.50. The highest BCUT2D eigenvalue weighted by Crippen LogP contribution is 2.23. The first-order chi connectivity index (χ1) is 9.61. The van der Waals surface area contributed by atoms with Crippen LogP contribution < -0.4 is 5.32 Å². The number of hydrogen-bond acceptors (Lipinski definition) is 2. The molecule has 0 atom stereocenters. The maximum atomic E-state index is 4.74. The van der Waals surface area contributed by atoms with E-state index in [1.165, 1.54) is 16.5 Å². The summed E-state index contributed by atoms with van der Waals surface area (Å²) in [4.78, 5) is 4.74. The van der Waals surface area contributed by atoms with Gasteiger partial charge < -0.3 is 5.32 Å². The lowest BCUT2D eigenvalue weighted by atomic mass is 10.1. The van der Waals surface area contributed by atoms with Crippen LogP contribution in [0.5, 0.6) is 0 Å². The average molecular weight is 262 g/mol. The summed E-state index contributed by atoms with van der Waals surface area (Å²) in [6.45, 7) is 6.27. The molecule has 0 aliphatic heterocycles. The van der Waals surface area contributed by atoms with Crippen molar-refractivity contribution in [3.8, 4) is 0 Å². The van der Waals surface area contributed by atoms with E-state index in [0.29, 0.717) is 0 Å². The minimum absolute atomic E-state index is 0.923. The molecular formula is C18H18N2. The molecule has 0 unspecified atom stereocenters. The Bertz CT molecular complexity index is 758. The van der Waals surface area contributed by atoms with E-state index in [2.05, 4.69) is 74.6 Å². The lowest BCUT2D eigenvalue weighted by Gasteiger charge is -2.10. The predicted octanol–water partition coefficient (Wildman–Crippen LogP) is 4.90. The van der Waals surface area contributed by atoms with Gasteiger partial charge in [0.2, 0.25) is 0 Å². The Morgan fingerprint density at radius 3 is 2.25 bits per heavy atom. The van der Waals surface area contributed by atoms with Gasteiger partial charge in [0.1, 0.15) is 5.82 Å². The van der Waals surface area contributed by atoms with Gasteiger partial charge in [-0.05, 0) is 56.2 Å². The van der Waals surface area contributed by atoms with Crippen molar-refractivity contribution in [3.63, 3.8) is 0 Å². The number of rotatable bonds is 2. The van der Waals surface area contributed by atoms with Crippen molar-refractivity contribution in [1.82, 2.24) is 4.98 Å². The van der Waals surface area contributed by atoms with E-state index in [-0.39, 0.29) is 0 Å². The first kappa shape index (κ1) is 12.7. The first-order valence-electron chi connectivity index (χ1n) is 6.83. The molecule has 0 amide bonds. The van der Waals surface area contributed by atoms with Crippen LogP contribution in [0.15, 0.2) is 48.5 Å². The smallest absolute Gasteiger partial charge is 0.134 e. The van der Waals surface area contributed by atoms with E-state index < -0.39 is 0 Å². The largest absolute Gasteiger partial charge is 0.340 e. The molecule has 2 aromatic carbocycles. The Labute approximate surface area is 119 Å². The summed E-state index contributed by atoms with van der Waals surface area (Å²) in [5, 5.41) is 4.58. The molecule has 1 N–H and O–H groups in total. The fraction of sp³-hybridized carbons (Fsp3) is 0.167. The van der Waals surface area contributed by atoms with E-state index in [1.807, 2.05) is 0 Å². The van der Waals surface area contributed by atoms with Crippen molar-refractivity contribution in [2.75, 3.05) is 5.32 Å². The van der Waals surface area contributed by atoms with Gasteiger partial charge >= 0.3 is 0 Å². The summed E-state index contributed by atoms with van der Waals surface area (Å²) >= 11 is 0. The number of pyridine rings is 1. The number of aryl methyl sites for hydroxylation is 3. The van der Waals surface area contributed by atoms with Gasteiger partial charge in [-0.3, -0.25) is 0 Å². The zero-order valence-electron chi connectivity index (χ0n) is 12.1. The van der Waals surface area contributed by atoms with Crippen LogP contribution in [0.25, 0.3) is 10.9 Å². The lowest BCUT2D eigenvalue weighted by molar-refractivity contribution is 1.30. The topological polar surface area (TPSA) is 24.9 Å². The number of aromatic nitrogens is 1. The summed E-state index contributed by atoms with van der Waals surface area (Å²) in [7, 11) is 0. The SMILES string of the molecule is Cc1ccc(Nc2nc3cc(C)ccc3cc2C)cc1. The molecule has 1 heterocycles. The van der Waals surface area contributed by atoms with Crippen molar-refractivity contribution in [1.29, 1.82) is 0 Å². The summed E-state index contributed by atoms with van der Waals surface area (Å²) < 4.78 is 0. The number of nitrogens with one attached hydrogen (secondary N) is 1. The number of benzene rings is 2. The van der Waals surface area contributed by atoms with Gasteiger partial charge in [-0.15, -0.1) is 0 Å². The number of hydrogen-bond donors (Lipinski definition) is 1. The Hall–Kier alpha value is -2.35. The molecule has 0 spiro atoms. The van der Waals surface area contributed by atoms with Gasteiger partial charge in [-0.1, -0.05) is 29.8 Å². The minimum atomic E-state index is 0.923. The van der Waals surface area contributed by atoms with Gasteiger partial charge in [-0.25, -0.2) is 4.98 Å². The average Bonchev–Trinajstić information content (AvgIpc) is 2.42. The molecule has 3 aromatic rings. The molecule has 0 fully saturated rings. The molecule has 1 aromatic heterocycles. The summed E-state index contributed by atoms with van der Waals surface area (Å²) in [5.74, 6) is 0.923. The Morgan fingerprint density at radius 1 is 0.800 bits per heavy atom. The van der Waals surface area contributed by atoms with E-state index in [0.717, 1.165) is 22.6 Å². The van der Waals surface area contributed by atoms with Crippen LogP contribution in [0.2, 0.25) is 0 Å². The second-order valence-corrected chi connectivity index (χ2v) is 5.34. The first-order valence-corrected chi connectivity index (χ1v) is 6.83. The molecule has 0 saturated heterocycles. The highest BCUT2D eigenvalue weighted by atomic mass is 15.0. The molecular weight excluding hydrogens is 244 g/mol. The third-order valence-corrected chi connectivity index (χ3v) is 3.48. The molecule has 3 rings (SSSR count). The number of anilines is 2. The fourth-order valence-electron chi connectivity index (χ4n) is 2.28. The van der Waals surface area contributed by atoms with Crippen LogP contribution in [0.4, 0.5) is 11.5 Å². The second-order valence-electron chi connectivity index (χ2n) is 5.34. The van der Waals surface area contributed by atoms with Gasteiger partial charge in [0, 0.05) is 11.1 Å². The van der Waals surface area contributed by atoms with E-state index in [9.17, 15) is 0 Å². The maximum absolute atomic E-state index is 4.74. The van der Waals surface area contributed by atoms with Crippen LogP contribution in [-0.4, -0.2) is 4.98 Å². The molecule has 0 aliphatic carbocycles. The van der Waals surface area contributed by atoms with Crippen molar-refractivity contribution in [3.05, 3.63) is 65.2 Å². The highest BCUT2D eigenvalue weighted by molar-refractivity contribution is 5.83. The summed E-state index contributed by atoms with van der Waals surface area (Å²) in [6.07, 6.45) is 0. The zero-order chi connectivity index (χ0) is 14.1.